The fourth-order valence-corrected chi connectivity index (χ4v) is 4.87. The van der Waals surface area contributed by atoms with Crippen LogP contribution in [0.3, 0.4) is 0 Å². The summed E-state index contributed by atoms with van der Waals surface area (Å²) in [6.07, 6.45) is 1.64. The average molecular weight is 487 g/mol. The molecule has 180 valence electrons. The summed E-state index contributed by atoms with van der Waals surface area (Å²) < 4.78 is 15.9. The molecular formula is C29H22N6O2. The number of benzene rings is 3. The quantitative estimate of drug-likeness (QED) is 0.320. The van der Waals surface area contributed by atoms with Crippen molar-refractivity contribution in [2.24, 2.45) is 0 Å². The second-order valence-electron chi connectivity index (χ2n) is 8.86. The molecule has 4 heterocycles. The molecule has 3 aromatic carbocycles. The van der Waals surface area contributed by atoms with E-state index in [0.29, 0.717) is 23.2 Å². The van der Waals surface area contributed by atoms with E-state index in [2.05, 4.69) is 22.2 Å². The number of hydrogen-bond donors (Lipinski definition) is 0. The van der Waals surface area contributed by atoms with E-state index in [1.807, 2.05) is 90.5 Å². The molecule has 7 rings (SSSR count). The molecule has 6 aromatic rings. The maximum absolute atomic E-state index is 6.46. The number of ether oxygens (including phenoxy) is 2. The molecule has 1 unspecified atom stereocenters. The zero-order valence-electron chi connectivity index (χ0n) is 20.0. The molecule has 3 aromatic heterocycles. The SMILES string of the molecule is Cc1nn(-c2ccccc2)c2c1C(c1ccccc1)c1c(ncn3nc(COc4ccccc4)nc13)O2. The van der Waals surface area contributed by atoms with E-state index >= 15 is 0 Å². The highest BCUT2D eigenvalue weighted by Crippen LogP contribution is 2.49. The van der Waals surface area contributed by atoms with E-state index in [0.717, 1.165) is 33.8 Å². The molecule has 1 aliphatic rings. The van der Waals surface area contributed by atoms with Gasteiger partial charge in [0.2, 0.25) is 11.8 Å². The molecule has 37 heavy (non-hydrogen) atoms. The lowest BCUT2D eigenvalue weighted by atomic mass is 9.84. The third kappa shape index (κ3) is 3.61. The van der Waals surface area contributed by atoms with E-state index in [-0.39, 0.29) is 12.5 Å². The normalized spacial score (nSPS) is 14.1. The van der Waals surface area contributed by atoms with Gasteiger partial charge in [-0.05, 0) is 36.8 Å². The lowest BCUT2D eigenvalue weighted by Gasteiger charge is -2.26. The van der Waals surface area contributed by atoms with Crippen LogP contribution in [0.5, 0.6) is 17.5 Å². The summed E-state index contributed by atoms with van der Waals surface area (Å²) in [7, 11) is 0. The van der Waals surface area contributed by atoms with Crippen LogP contribution in [0.2, 0.25) is 0 Å². The molecule has 1 atom stereocenters. The predicted octanol–water partition coefficient (Wildman–Crippen LogP) is 5.48. The molecule has 8 nitrogen and oxygen atoms in total. The summed E-state index contributed by atoms with van der Waals surface area (Å²) in [5.41, 5.74) is 5.43. The van der Waals surface area contributed by atoms with Gasteiger partial charge in [-0.2, -0.15) is 5.10 Å². The van der Waals surface area contributed by atoms with Crippen LogP contribution >= 0.6 is 0 Å². The van der Waals surface area contributed by atoms with Crippen molar-refractivity contribution in [1.29, 1.82) is 0 Å². The fourth-order valence-electron chi connectivity index (χ4n) is 4.87. The van der Waals surface area contributed by atoms with Gasteiger partial charge in [0.25, 0.3) is 0 Å². The highest BCUT2D eigenvalue weighted by molar-refractivity contribution is 5.66. The second kappa shape index (κ2) is 8.60. The van der Waals surface area contributed by atoms with Crippen LogP contribution in [0.1, 0.15) is 34.1 Å². The van der Waals surface area contributed by atoms with Gasteiger partial charge in [0.15, 0.2) is 11.5 Å². The van der Waals surface area contributed by atoms with E-state index in [1.54, 1.807) is 10.8 Å². The first-order valence-corrected chi connectivity index (χ1v) is 12.1. The van der Waals surface area contributed by atoms with Gasteiger partial charge in [-0.15, -0.1) is 5.10 Å². The average Bonchev–Trinajstić information content (AvgIpc) is 3.53. The van der Waals surface area contributed by atoms with Crippen molar-refractivity contribution in [3.63, 3.8) is 0 Å². The molecule has 0 bridgehead atoms. The predicted molar refractivity (Wildman–Crippen MR) is 137 cm³/mol. The Balaban J connectivity index is 1.38. The van der Waals surface area contributed by atoms with Crippen molar-refractivity contribution in [3.8, 4) is 23.2 Å². The molecule has 0 radical (unpaired) electrons. The summed E-state index contributed by atoms with van der Waals surface area (Å²) in [5.74, 6) is 2.30. The minimum atomic E-state index is -0.180. The van der Waals surface area contributed by atoms with Gasteiger partial charge in [-0.3, -0.25) is 0 Å². The first kappa shape index (κ1) is 21.3. The zero-order valence-corrected chi connectivity index (χ0v) is 20.0. The number of aromatic nitrogens is 6. The number of para-hydroxylation sites is 2. The third-order valence-electron chi connectivity index (χ3n) is 6.51. The van der Waals surface area contributed by atoms with Gasteiger partial charge in [0.1, 0.15) is 18.7 Å². The summed E-state index contributed by atoms with van der Waals surface area (Å²) in [6, 6.07) is 29.9. The van der Waals surface area contributed by atoms with Gasteiger partial charge in [-0.25, -0.2) is 19.2 Å². The van der Waals surface area contributed by atoms with Crippen LogP contribution in [0.15, 0.2) is 97.3 Å². The first-order chi connectivity index (χ1) is 18.3. The number of nitrogens with zero attached hydrogens (tertiary/aromatic N) is 6. The number of aryl methyl sites for hydroxylation is 1. The smallest absolute Gasteiger partial charge is 0.230 e. The Kier molecular flexibility index (Phi) is 4.95. The fraction of sp³-hybridized carbons (Fsp3) is 0.103. The van der Waals surface area contributed by atoms with Gasteiger partial charge >= 0.3 is 0 Å². The van der Waals surface area contributed by atoms with E-state index in [9.17, 15) is 0 Å². The molecule has 8 heteroatoms. The molecule has 0 amide bonds. The molecule has 0 spiro atoms. The lowest BCUT2D eigenvalue weighted by Crippen LogP contribution is -2.16. The van der Waals surface area contributed by atoms with Crippen LogP contribution in [-0.2, 0) is 6.61 Å². The maximum Gasteiger partial charge on any atom is 0.230 e. The summed E-state index contributed by atoms with van der Waals surface area (Å²) in [6.45, 7) is 2.26. The Morgan fingerprint density at radius 1 is 0.838 bits per heavy atom. The Morgan fingerprint density at radius 3 is 2.30 bits per heavy atom. The summed E-state index contributed by atoms with van der Waals surface area (Å²) >= 11 is 0. The minimum Gasteiger partial charge on any atom is -0.486 e. The maximum atomic E-state index is 6.46. The highest BCUT2D eigenvalue weighted by atomic mass is 16.5. The van der Waals surface area contributed by atoms with Gasteiger partial charge in [0.05, 0.1) is 28.4 Å². The monoisotopic (exact) mass is 486 g/mol. The van der Waals surface area contributed by atoms with E-state index < -0.39 is 0 Å². The van der Waals surface area contributed by atoms with Gasteiger partial charge in [-0.1, -0.05) is 66.7 Å². The van der Waals surface area contributed by atoms with Crippen molar-refractivity contribution >= 4 is 5.65 Å². The zero-order chi connectivity index (χ0) is 24.8. The number of fused-ring (bicyclic) bond motifs is 4. The molecular weight excluding hydrogens is 464 g/mol. The topological polar surface area (TPSA) is 79.4 Å². The van der Waals surface area contributed by atoms with Crippen LogP contribution in [-0.4, -0.2) is 29.4 Å². The second-order valence-corrected chi connectivity index (χ2v) is 8.86. The lowest BCUT2D eigenvalue weighted by molar-refractivity contribution is 0.296. The van der Waals surface area contributed by atoms with Crippen molar-refractivity contribution in [2.45, 2.75) is 19.4 Å². The van der Waals surface area contributed by atoms with Gasteiger partial charge in [0, 0.05) is 0 Å². The molecule has 0 N–H and O–H groups in total. The Labute approximate surface area is 212 Å². The van der Waals surface area contributed by atoms with Crippen LogP contribution in [0.4, 0.5) is 0 Å². The Morgan fingerprint density at radius 2 is 1.54 bits per heavy atom. The number of hydrogen-bond acceptors (Lipinski definition) is 6. The third-order valence-corrected chi connectivity index (χ3v) is 6.51. The number of rotatable bonds is 5. The van der Waals surface area contributed by atoms with Crippen molar-refractivity contribution in [3.05, 3.63) is 126 Å². The van der Waals surface area contributed by atoms with Crippen molar-refractivity contribution < 1.29 is 9.47 Å². The van der Waals surface area contributed by atoms with Crippen LogP contribution in [0, 0.1) is 6.92 Å². The van der Waals surface area contributed by atoms with Gasteiger partial charge < -0.3 is 9.47 Å². The minimum absolute atomic E-state index is 0.180. The molecule has 0 saturated carbocycles. The molecule has 1 aliphatic heterocycles. The highest BCUT2D eigenvalue weighted by Gasteiger charge is 2.38. The molecule has 0 fully saturated rings. The van der Waals surface area contributed by atoms with E-state index in [1.165, 1.54) is 0 Å². The van der Waals surface area contributed by atoms with Crippen molar-refractivity contribution in [2.75, 3.05) is 0 Å². The summed E-state index contributed by atoms with van der Waals surface area (Å²) in [4.78, 5) is 9.52. The Hall–Kier alpha value is -4.98. The standard InChI is InChI=1S/C29H22N6O2/c1-19-24-25(20-11-5-2-6-12-20)26-27-31-23(17-36-22-15-9-4-10-16-22)33-34(27)18-30-28(26)37-29(24)35(32-19)21-13-7-3-8-14-21/h2-16,18,25H,17H2,1H3. The molecule has 0 saturated heterocycles. The van der Waals surface area contributed by atoms with Crippen LogP contribution < -0.4 is 9.47 Å². The first-order valence-electron chi connectivity index (χ1n) is 12.1. The van der Waals surface area contributed by atoms with Crippen molar-refractivity contribution in [1.82, 2.24) is 29.4 Å². The molecule has 0 aliphatic carbocycles. The van der Waals surface area contributed by atoms with E-state index in [4.69, 9.17) is 19.6 Å². The van der Waals surface area contributed by atoms with Crippen LogP contribution in [0.25, 0.3) is 11.3 Å². The Bertz CT molecular complexity index is 1710. The summed E-state index contributed by atoms with van der Waals surface area (Å²) in [5, 5.41) is 9.51. The largest absolute Gasteiger partial charge is 0.486 e.